The zero-order valence-corrected chi connectivity index (χ0v) is 10.4. The van der Waals surface area contributed by atoms with Gasteiger partial charge in [-0.25, -0.2) is 4.98 Å². The number of hydrogen-bond donors (Lipinski definition) is 2. The fraction of sp³-hybridized carbons (Fsp3) is 0.583. The first-order valence-electron chi connectivity index (χ1n) is 6.35. The summed E-state index contributed by atoms with van der Waals surface area (Å²) in [5, 5.41) is 0. The molecule has 1 fully saturated rings. The number of nitrogens with two attached hydrogens (primary N) is 1. The van der Waals surface area contributed by atoms with Crippen LogP contribution in [0.3, 0.4) is 0 Å². The predicted octanol–water partition coefficient (Wildman–Crippen LogP) is 1.89. The summed E-state index contributed by atoms with van der Waals surface area (Å²) in [6.07, 6.45) is 6.43. The molecular formula is C12H17N5O. The second-order valence-electron chi connectivity index (χ2n) is 5.00. The lowest BCUT2D eigenvalue weighted by atomic mass is 9.89. The molecule has 3 N–H and O–H groups in total. The molecule has 2 atom stereocenters. The lowest BCUT2D eigenvalue weighted by molar-refractivity contribution is 0.125. The molecule has 0 radical (unpaired) electrons. The van der Waals surface area contributed by atoms with E-state index in [-0.39, 0.29) is 12.1 Å². The summed E-state index contributed by atoms with van der Waals surface area (Å²) in [6, 6.07) is 0. The Kier molecular flexibility index (Phi) is 2.77. The van der Waals surface area contributed by atoms with Gasteiger partial charge in [0.15, 0.2) is 5.65 Å². The number of anilines is 1. The maximum absolute atomic E-state index is 5.98. The second kappa shape index (κ2) is 4.44. The topological polar surface area (TPSA) is 89.7 Å². The predicted molar refractivity (Wildman–Crippen MR) is 68.1 cm³/mol. The number of fused-ring (bicyclic) bond motifs is 1. The van der Waals surface area contributed by atoms with E-state index in [2.05, 4.69) is 26.9 Å². The zero-order valence-electron chi connectivity index (χ0n) is 10.4. The van der Waals surface area contributed by atoms with Gasteiger partial charge >= 0.3 is 0 Å². The van der Waals surface area contributed by atoms with Crippen LogP contribution in [0, 0.1) is 5.92 Å². The van der Waals surface area contributed by atoms with Crippen molar-refractivity contribution in [3.63, 3.8) is 0 Å². The van der Waals surface area contributed by atoms with Crippen LogP contribution >= 0.6 is 0 Å². The first-order chi connectivity index (χ1) is 8.72. The molecule has 96 valence electrons. The average molecular weight is 247 g/mol. The molecule has 1 aliphatic carbocycles. The van der Waals surface area contributed by atoms with Crippen LogP contribution in [0.2, 0.25) is 0 Å². The third-order valence-electron chi connectivity index (χ3n) is 3.44. The molecule has 1 aliphatic rings. The lowest BCUT2D eigenvalue weighted by Crippen LogP contribution is -2.24. The molecule has 0 saturated heterocycles. The molecule has 1 saturated carbocycles. The minimum atomic E-state index is 0.202. The van der Waals surface area contributed by atoms with E-state index in [0.29, 0.717) is 17.4 Å². The highest BCUT2D eigenvalue weighted by Crippen LogP contribution is 2.29. The van der Waals surface area contributed by atoms with Crippen LogP contribution in [-0.4, -0.2) is 26.0 Å². The van der Waals surface area contributed by atoms with Gasteiger partial charge in [-0.2, -0.15) is 9.97 Å². The Bertz CT molecular complexity index is 552. The van der Waals surface area contributed by atoms with E-state index in [4.69, 9.17) is 10.5 Å². The van der Waals surface area contributed by atoms with Crippen LogP contribution in [-0.2, 0) is 0 Å². The fourth-order valence-electron chi connectivity index (χ4n) is 2.55. The number of rotatable bonds is 2. The minimum absolute atomic E-state index is 0.202. The van der Waals surface area contributed by atoms with Crippen molar-refractivity contribution in [2.24, 2.45) is 5.92 Å². The SMILES string of the molecule is CC1CCCC(Oc2nc(N)nc3nc[nH]c23)C1. The van der Waals surface area contributed by atoms with Crippen LogP contribution in [0.15, 0.2) is 6.33 Å². The van der Waals surface area contributed by atoms with Crippen LogP contribution < -0.4 is 10.5 Å². The van der Waals surface area contributed by atoms with Crippen molar-refractivity contribution in [2.45, 2.75) is 38.7 Å². The monoisotopic (exact) mass is 247 g/mol. The first kappa shape index (κ1) is 11.3. The number of ether oxygens (including phenoxy) is 1. The molecule has 2 aromatic heterocycles. The number of imidazole rings is 1. The summed E-state index contributed by atoms with van der Waals surface area (Å²) in [4.78, 5) is 15.3. The quantitative estimate of drug-likeness (QED) is 0.845. The molecule has 2 aromatic rings. The van der Waals surface area contributed by atoms with Crippen molar-refractivity contribution in [3.8, 4) is 5.88 Å². The number of hydrogen-bond acceptors (Lipinski definition) is 5. The van der Waals surface area contributed by atoms with Crippen molar-refractivity contribution < 1.29 is 4.74 Å². The molecule has 6 nitrogen and oxygen atoms in total. The van der Waals surface area contributed by atoms with Crippen molar-refractivity contribution in [3.05, 3.63) is 6.33 Å². The maximum Gasteiger partial charge on any atom is 0.245 e. The highest BCUT2D eigenvalue weighted by Gasteiger charge is 2.22. The summed E-state index contributed by atoms with van der Waals surface area (Å²) >= 11 is 0. The molecule has 0 amide bonds. The Morgan fingerprint density at radius 2 is 2.28 bits per heavy atom. The van der Waals surface area contributed by atoms with Gasteiger partial charge in [-0.3, -0.25) is 0 Å². The van der Waals surface area contributed by atoms with Gasteiger partial charge in [0.25, 0.3) is 0 Å². The van der Waals surface area contributed by atoms with Gasteiger partial charge in [-0.05, 0) is 25.2 Å². The molecule has 0 aliphatic heterocycles. The van der Waals surface area contributed by atoms with Crippen LogP contribution in [0.5, 0.6) is 5.88 Å². The van der Waals surface area contributed by atoms with E-state index in [9.17, 15) is 0 Å². The van der Waals surface area contributed by atoms with Gasteiger partial charge in [0.05, 0.1) is 6.33 Å². The minimum Gasteiger partial charge on any atom is -0.473 e. The summed E-state index contributed by atoms with van der Waals surface area (Å²) in [5.41, 5.74) is 6.94. The highest BCUT2D eigenvalue weighted by atomic mass is 16.5. The molecule has 0 aromatic carbocycles. The Hall–Kier alpha value is -1.85. The molecule has 2 heterocycles. The number of aromatic amines is 1. The molecule has 0 spiro atoms. The summed E-state index contributed by atoms with van der Waals surface area (Å²) in [5.74, 6) is 1.43. The van der Waals surface area contributed by atoms with Crippen molar-refractivity contribution >= 4 is 17.1 Å². The first-order valence-corrected chi connectivity index (χ1v) is 6.35. The van der Waals surface area contributed by atoms with E-state index in [0.717, 1.165) is 18.4 Å². The number of nitrogens with one attached hydrogen (secondary N) is 1. The van der Waals surface area contributed by atoms with Crippen LogP contribution in [0.1, 0.15) is 32.6 Å². The number of nitrogen functional groups attached to an aromatic ring is 1. The van der Waals surface area contributed by atoms with Crippen LogP contribution in [0.25, 0.3) is 11.2 Å². The highest BCUT2D eigenvalue weighted by molar-refractivity contribution is 5.76. The number of H-pyrrole nitrogens is 1. The zero-order chi connectivity index (χ0) is 12.5. The molecule has 6 heteroatoms. The third-order valence-corrected chi connectivity index (χ3v) is 3.44. The normalized spacial score (nSPS) is 24.3. The van der Waals surface area contributed by atoms with Crippen molar-refractivity contribution in [2.75, 3.05) is 5.73 Å². The Balaban J connectivity index is 1.87. The van der Waals surface area contributed by atoms with Gasteiger partial charge in [-0.1, -0.05) is 13.3 Å². The van der Waals surface area contributed by atoms with Gasteiger partial charge in [0.2, 0.25) is 11.8 Å². The van der Waals surface area contributed by atoms with E-state index < -0.39 is 0 Å². The van der Waals surface area contributed by atoms with Crippen LogP contribution in [0.4, 0.5) is 5.95 Å². The fourth-order valence-corrected chi connectivity index (χ4v) is 2.55. The molecule has 2 unspecified atom stereocenters. The van der Waals surface area contributed by atoms with E-state index in [1.807, 2.05) is 0 Å². The summed E-state index contributed by atoms with van der Waals surface area (Å²) in [7, 11) is 0. The average Bonchev–Trinajstić information content (AvgIpc) is 2.77. The number of aromatic nitrogens is 4. The molecular weight excluding hydrogens is 230 g/mol. The van der Waals surface area contributed by atoms with Gasteiger partial charge in [-0.15, -0.1) is 0 Å². The van der Waals surface area contributed by atoms with Gasteiger partial charge in [0.1, 0.15) is 11.6 Å². The molecule has 18 heavy (non-hydrogen) atoms. The molecule has 3 rings (SSSR count). The molecule has 0 bridgehead atoms. The second-order valence-corrected chi connectivity index (χ2v) is 5.00. The van der Waals surface area contributed by atoms with E-state index in [1.54, 1.807) is 6.33 Å². The van der Waals surface area contributed by atoms with E-state index >= 15 is 0 Å². The van der Waals surface area contributed by atoms with Crippen molar-refractivity contribution in [1.82, 2.24) is 19.9 Å². The largest absolute Gasteiger partial charge is 0.473 e. The van der Waals surface area contributed by atoms with Gasteiger partial charge < -0.3 is 15.5 Å². The van der Waals surface area contributed by atoms with E-state index in [1.165, 1.54) is 12.8 Å². The summed E-state index contributed by atoms with van der Waals surface area (Å²) < 4.78 is 5.98. The van der Waals surface area contributed by atoms with Gasteiger partial charge in [0, 0.05) is 0 Å². The Morgan fingerprint density at radius 1 is 1.39 bits per heavy atom. The Morgan fingerprint density at radius 3 is 3.11 bits per heavy atom. The maximum atomic E-state index is 5.98. The standard InChI is InChI=1S/C12H17N5O/c1-7-3-2-4-8(5-7)18-11-9-10(15-6-14-9)16-12(13)17-11/h6-8H,2-5H2,1H3,(H3,13,14,15,16,17). The smallest absolute Gasteiger partial charge is 0.245 e. The summed E-state index contributed by atoms with van der Waals surface area (Å²) in [6.45, 7) is 2.26. The lowest BCUT2D eigenvalue weighted by Gasteiger charge is -2.26. The Labute approximate surface area is 105 Å². The number of nitrogens with zero attached hydrogens (tertiary/aromatic N) is 3. The van der Waals surface area contributed by atoms with Crippen molar-refractivity contribution in [1.29, 1.82) is 0 Å². The third kappa shape index (κ3) is 2.10.